The summed E-state index contributed by atoms with van der Waals surface area (Å²) in [6.45, 7) is 2.53. The van der Waals surface area contributed by atoms with E-state index in [1.807, 2.05) is 0 Å². The second-order valence-electron chi connectivity index (χ2n) is 5.97. The molecule has 1 aromatic carbocycles. The summed E-state index contributed by atoms with van der Waals surface area (Å²) in [5.74, 6) is -0.664. The number of carbonyl (C=O) groups is 1. The van der Waals surface area contributed by atoms with Crippen LogP contribution in [0.25, 0.3) is 0 Å². The van der Waals surface area contributed by atoms with Crippen LogP contribution >= 0.6 is 0 Å². The molecule has 3 rings (SSSR count). The van der Waals surface area contributed by atoms with Crippen molar-refractivity contribution in [3.8, 4) is 5.75 Å². The van der Waals surface area contributed by atoms with Crippen LogP contribution in [0.15, 0.2) is 12.1 Å². The number of carboxylic acids is 1. The minimum atomic E-state index is -1.22. The van der Waals surface area contributed by atoms with Crippen molar-refractivity contribution in [3.05, 3.63) is 29.1 Å². The molecule has 2 aliphatic rings. The van der Waals surface area contributed by atoms with Gasteiger partial charge in [0, 0.05) is 18.5 Å². The molecule has 1 heterocycles. The van der Waals surface area contributed by atoms with Crippen LogP contribution in [-0.4, -0.2) is 30.8 Å². The lowest BCUT2D eigenvalue weighted by atomic mass is 10.0. The van der Waals surface area contributed by atoms with Crippen molar-refractivity contribution >= 4 is 5.97 Å². The van der Waals surface area contributed by atoms with Gasteiger partial charge < -0.3 is 15.2 Å². The molecule has 1 atom stereocenters. The van der Waals surface area contributed by atoms with Gasteiger partial charge in [-0.15, -0.1) is 0 Å². The number of halogens is 1. The van der Waals surface area contributed by atoms with E-state index in [1.54, 1.807) is 0 Å². The van der Waals surface area contributed by atoms with Gasteiger partial charge in [-0.25, -0.2) is 9.18 Å². The van der Waals surface area contributed by atoms with Crippen LogP contribution < -0.4 is 10.1 Å². The number of hydrogen-bond donors (Lipinski definition) is 2. The zero-order valence-electron chi connectivity index (χ0n) is 11.9. The molecular formula is C16H20FNO3. The fraction of sp³-hybridized carbons (Fsp3) is 0.562. The number of aromatic carboxylic acids is 1. The highest BCUT2D eigenvalue weighted by Crippen LogP contribution is 2.45. The molecule has 0 spiro atoms. The number of benzene rings is 1. The molecule has 1 saturated carbocycles. The number of hydrogen-bond acceptors (Lipinski definition) is 3. The minimum absolute atomic E-state index is 0.261. The van der Waals surface area contributed by atoms with E-state index in [0.717, 1.165) is 44.3 Å². The molecule has 2 fully saturated rings. The van der Waals surface area contributed by atoms with Crippen LogP contribution in [0.2, 0.25) is 0 Å². The lowest BCUT2D eigenvalue weighted by Crippen LogP contribution is -2.33. The molecule has 1 saturated heterocycles. The number of rotatable bonds is 5. The molecule has 0 amide bonds. The summed E-state index contributed by atoms with van der Waals surface area (Å²) in [7, 11) is 0. The predicted molar refractivity (Wildman–Crippen MR) is 76.4 cm³/mol. The van der Waals surface area contributed by atoms with Crippen LogP contribution in [0.4, 0.5) is 4.39 Å². The predicted octanol–water partition coefficient (Wildman–Crippen LogP) is 2.78. The number of piperidine rings is 1. The highest BCUT2D eigenvalue weighted by Gasteiger charge is 2.29. The monoisotopic (exact) mass is 293 g/mol. The van der Waals surface area contributed by atoms with Crippen LogP contribution in [-0.2, 0) is 0 Å². The average Bonchev–Trinajstić information content (AvgIpc) is 3.30. The maximum Gasteiger partial charge on any atom is 0.338 e. The van der Waals surface area contributed by atoms with Crippen LogP contribution in [0.1, 0.15) is 47.5 Å². The van der Waals surface area contributed by atoms with E-state index < -0.39 is 11.8 Å². The van der Waals surface area contributed by atoms with Gasteiger partial charge in [0.25, 0.3) is 0 Å². The topological polar surface area (TPSA) is 58.6 Å². The van der Waals surface area contributed by atoms with E-state index >= 15 is 0 Å². The van der Waals surface area contributed by atoms with Crippen LogP contribution in [0.3, 0.4) is 0 Å². The molecule has 4 nitrogen and oxygen atoms in total. The van der Waals surface area contributed by atoms with Crippen molar-refractivity contribution in [1.82, 2.24) is 5.32 Å². The third kappa shape index (κ3) is 3.35. The molecule has 1 aliphatic heterocycles. The summed E-state index contributed by atoms with van der Waals surface area (Å²) < 4.78 is 19.7. The fourth-order valence-corrected chi connectivity index (χ4v) is 2.85. The fourth-order valence-electron chi connectivity index (χ4n) is 2.85. The molecule has 1 unspecified atom stereocenters. The minimum Gasteiger partial charge on any atom is -0.493 e. The van der Waals surface area contributed by atoms with Crippen molar-refractivity contribution in [2.45, 2.75) is 31.6 Å². The summed E-state index contributed by atoms with van der Waals surface area (Å²) in [6, 6.07) is 2.69. The van der Waals surface area contributed by atoms with Crippen molar-refractivity contribution in [2.24, 2.45) is 5.92 Å². The maximum atomic E-state index is 13.9. The molecule has 21 heavy (non-hydrogen) atoms. The molecular weight excluding hydrogens is 273 g/mol. The Morgan fingerprint density at radius 3 is 2.81 bits per heavy atom. The number of nitrogens with one attached hydrogen (secondary N) is 1. The van der Waals surface area contributed by atoms with Gasteiger partial charge >= 0.3 is 5.97 Å². The first kappa shape index (κ1) is 14.3. The third-order valence-corrected chi connectivity index (χ3v) is 4.22. The molecule has 114 valence electrons. The first-order chi connectivity index (χ1) is 10.1. The Morgan fingerprint density at radius 1 is 1.38 bits per heavy atom. The van der Waals surface area contributed by atoms with Gasteiger partial charge in [0.1, 0.15) is 11.6 Å². The Balaban J connectivity index is 1.76. The molecule has 0 aromatic heterocycles. The lowest BCUT2D eigenvalue weighted by molar-refractivity contribution is 0.0691. The van der Waals surface area contributed by atoms with Gasteiger partial charge in [0.05, 0.1) is 12.2 Å². The summed E-state index contributed by atoms with van der Waals surface area (Å²) in [5, 5.41) is 12.4. The van der Waals surface area contributed by atoms with Gasteiger partial charge in [-0.3, -0.25) is 0 Å². The van der Waals surface area contributed by atoms with Gasteiger partial charge in [-0.05, 0) is 49.8 Å². The molecule has 0 bridgehead atoms. The van der Waals surface area contributed by atoms with Gasteiger partial charge in [0.15, 0.2) is 0 Å². The zero-order chi connectivity index (χ0) is 14.8. The Morgan fingerprint density at radius 2 is 2.19 bits per heavy atom. The third-order valence-electron chi connectivity index (χ3n) is 4.22. The molecule has 5 heteroatoms. The number of ether oxygens (including phenoxy) is 1. The van der Waals surface area contributed by atoms with Crippen molar-refractivity contribution in [2.75, 3.05) is 19.7 Å². The van der Waals surface area contributed by atoms with E-state index in [2.05, 4.69) is 5.32 Å². The van der Waals surface area contributed by atoms with Crippen LogP contribution in [0, 0.1) is 11.7 Å². The van der Waals surface area contributed by atoms with Gasteiger partial charge in [0.2, 0.25) is 0 Å². The first-order valence-corrected chi connectivity index (χ1v) is 7.55. The molecule has 1 aliphatic carbocycles. The SMILES string of the molecule is O=C(O)c1cc(C2CC2)c(OCC2CCCNC2)cc1F. The molecule has 1 aromatic rings. The Labute approximate surface area is 123 Å². The summed E-state index contributed by atoms with van der Waals surface area (Å²) in [5.41, 5.74) is 0.584. The molecule has 0 radical (unpaired) electrons. The Bertz CT molecular complexity index is 537. The second kappa shape index (κ2) is 6.02. The standard InChI is InChI=1S/C16H20FNO3/c17-14-7-15(21-9-10-2-1-5-18-8-10)12(11-3-4-11)6-13(14)16(19)20/h6-7,10-11,18H,1-5,8-9H2,(H,19,20). The van der Waals surface area contributed by atoms with Gasteiger partial charge in [-0.2, -0.15) is 0 Å². The van der Waals surface area contributed by atoms with E-state index in [0.29, 0.717) is 24.2 Å². The van der Waals surface area contributed by atoms with E-state index in [4.69, 9.17) is 9.84 Å². The van der Waals surface area contributed by atoms with E-state index in [1.165, 1.54) is 12.1 Å². The summed E-state index contributed by atoms with van der Waals surface area (Å²) in [6.07, 6.45) is 4.29. The lowest BCUT2D eigenvalue weighted by Gasteiger charge is -2.23. The van der Waals surface area contributed by atoms with E-state index in [9.17, 15) is 9.18 Å². The van der Waals surface area contributed by atoms with Crippen molar-refractivity contribution < 1.29 is 19.0 Å². The quantitative estimate of drug-likeness (QED) is 0.876. The summed E-state index contributed by atoms with van der Waals surface area (Å²) >= 11 is 0. The van der Waals surface area contributed by atoms with Crippen molar-refractivity contribution in [1.29, 1.82) is 0 Å². The largest absolute Gasteiger partial charge is 0.493 e. The van der Waals surface area contributed by atoms with E-state index in [-0.39, 0.29) is 5.56 Å². The second-order valence-corrected chi connectivity index (χ2v) is 5.97. The molecule has 2 N–H and O–H groups in total. The Hall–Kier alpha value is -1.62. The highest BCUT2D eigenvalue weighted by atomic mass is 19.1. The average molecular weight is 293 g/mol. The summed E-state index contributed by atoms with van der Waals surface area (Å²) in [4.78, 5) is 11.0. The van der Waals surface area contributed by atoms with Gasteiger partial charge in [-0.1, -0.05) is 0 Å². The number of carboxylic acid groups (broad SMARTS) is 1. The highest BCUT2D eigenvalue weighted by molar-refractivity contribution is 5.88. The first-order valence-electron chi connectivity index (χ1n) is 7.55. The normalized spacial score (nSPS) is 22.0. The van der Waals surface area contributed by atoms with Crippen molar-refractivity contribution in [3.63, 3.8) is 0 Å². The van der Waals surface area contributed by atoms with Crippen LogP contribution in [0.5, 0.6) is 5.75 Å². The Kier molecular flexibility index (Phi) is 4.10. The smallest absolute Gasteiger partial charge is 0.338 e. The zero-order valence-corrected chi connectivity index (χ0v) is 11.9. The maximum absolute atomic E-state index is 13.9.